The van der Waals surface area contributed by atoms with Gasteiger partial charge in [0.15, 0.2) is 5.82 Å². The van der Waals surface area contributed by atoms with Crippen LogP contribution in [-0.2, 0) is 10.0 Å². The maximum Gasteiger partial charge on any atom is 0.388 e. The first kappa shape index (κ1) is 19.0. The van der Waals surface area contributed by atoms with Gasteiger partial charge in [0.25, 0.3) is 15.9 Å². The topological polar surface area (TPSA) is 94.8 Å². The zero-order valence-electron chi connectivity index (χ0n) is 13.4. The largest absolute Gasteiger partial charge is 0.479 e. The van der Waals surface area contributed by atoms with Gasteiger partial charge in [0, 0.05) is 12.3 Å². The molecule has 0 amide bonds. The molecule has 1 N–H and O–H groups in total. The molecule has 0 fully saturated rings. The zero-order chi connectivity index (χ0) is 19.8. The van der Waals surface area contributed by atoms with E-state index in [2.05, 4.69) is 19.5 Å². The molecule has 0 aliphatic heterocycles. The molecule has 0 saturated heterocycles. The van der Waals surface area contributed by atoms with Crippen molar-refractivity contribution in [2.75, 3.05) is 11.8 Å². The predicted octanol–water partition coefficient (Wildman–Crippen LogP) is 2.93. The van der Waals surface area contributed by atoms with E-state index < -0.39 is 39.9 Å². The van der Waals surface area contributed by atoms with Crippen LogP contribution in [-0.4, -0.2) is 36.7 Å². The van der Waals surface area contributed by atoms with Crippen molar-refractivity contribution in [3.8, 4) is 11.8 Å². The van der Waals surface area contributed by atoms with Gasteiger partial charge in [0.2, 0.25) is 5.88 Å². The Hall–Kier alpha value is -2.73. The molecule has 0 radical (unpaired) electrons. The van der Waals surface area contributed by atoms with Crippen LogP contribution in [0.25, 0.3) is 5.52 Å². The van der Waals surface area contributed by atoms with E-state index in [1.807, 2.05) is 0 Å². The summed E-state index contributed by atoms with van der Waals surface area (Å²) >= 11 is 5.82. The lowest BCUT2D eigenvalue weighted by molar-refractivity contribution is -0.0555. The second-order valence-corrected chi connectivity index (χ2v) is 7.09. The first-order chi connectivity index (χ1) is 12.7. The molecule has 0 aliphatic rings. The fraction of sp³-hybridized carbons (Fsp3) is 0.143. The molecule has 0 aromatic carbocycles. The van der Waals surface area contributed by atoms with Gasteiger partial charge in [-0.05, 0) is 12.1 Å². The number of halogens is 4. The van der Waals surface area contributed by atoms with Crippen LogP contribution in [0.3, 0.4) is 0 Å². The third-order valence-electron chi connectivity index (χ3n) is 3.28. The molecule has 13 heteroatoms. The summed E-state index contributed by atoms with van der Waals surface area (Å²) in [7, 11) is -3.15. The number of pyridine rings is 2. The summed E-state index contributed by atoms with van der Waals surface area (Å²) in [5.41, 5.74) is -0.207. The molecule has 0 bridgehead atoms. The normalized spacial score (nSPS) is 11.8. The van der Waals surface area contributed by atoms with Crippen molar-refractivity contribution in [2.24, 2.45) is 0 Å². The third-order valence-corrected chi connectivity index (χ3v) is 4.89. The van der Waals surface area contributed by atoms with E-state index in [1.54, 1.807) is 0 Å². The number of methoxy groups -OCH3 is 1. The van der Waals surface area contributed by atoms with Gasteiger partial charge in [-0.1, -0.05) is 11.6 Å². The van der Waals surface area contributed by atoms with Crippen molar-refractivity contribution >= 4 is 32.8 Å². The van der Waals surface area contributed by atoms with E-state index in [0.29, 0.717) is 11.1 Å². The standard InChI is InChI=1S/C14H10ClF3N4O4S/c1-25-13-9(4-8(16)12(20-13)26-14(17)18)21-27(23,24)11-5-19-22-6-7(15)2-3-10(11)22/h2-6,14,21H,1H3. The number of ether oxygens (including phenoxy) is 2. The molecular weight excluding hydrogens is 413 g/mol. The number of alkyl halides is 2. The number of aromatic nitrogens is 3. The molecule has 3 heterocycles. The Morgan fingerprint density at radius 2 is 2.04 bits per heavy atom. The van der Waals surface area contributed by atoms with Crippen molar-refractivity contribution < 1.29 is 31.1 Å². The summed E-state index contributed by atoms with van der Waals surface area (Å²) in [5, 5.41) is 4.22. The number of anilines is 1. The average molecular weight is 423 g/mol. The van der Waals surface area contributed by atoms with Gasteiger partial charge >= 0.3 is 6.61 Å². The summed E-state index contributed by atoms with van der Waals surface area (Å²) in [6, 6.07) is 3.51. The Bertz CT molecular complexity index is 1110. The third kappa shape index (κ3) is 3.85. The minimum absolute atomic E-state index is 0.206. The number of hydrogen-bond acceptors (Lipinski definition) is 6. The Morgan fingerprint density at radius 3 is 2.70 bits per heavy atom. The highest BCUT2D eigenvalue weighted by Gasteiger charge is 2.24. The molecule has 27 heavy (non-hydrogen) atoms. The Morgan fingerprint density at radius 1 is 1.30 bits per heavy atom. The van der Waals surface area contributed by atoms with E-state index in [9.17, 15) is 21.6 Å². The number of sulfonamides is 1. The van der Waals surface area contributed by atoms with Crippen LogP contribution in [0.1, 0.15) is 0 Å². The van der Waals surface area contributed by atoms with E-state index in [-0.39, 0.29) is 10.4 Å². The highest BCUT2D eigenvalue weighted by Crippen LogP contribution is 2.31. The van der Waals surface area contributed by atoms with Crippen molar-refractivity contribution in [2.45, 2.75) is 11.5 Å². The van der Waals surface area contributed by atoms with Crippen molar-refractivity contribution in [1.82, 2.24) is 14.6 Å². The first-order valence-corrected chi connectivity index (χ1v) is 8.92. The van der Waals surface area contributed by atoms with Crippen LogP contribution < -0.4 is 14.2 Å². The molecule has 144 valence electrons. The molecular formula is C14H10ClF3N4O4S. The molecule has 8 nitrogen and oxygen atoms in total. The minimum atomic E-state index is -4.25. The quantitative estimate of drug-likeness (QED) is 0.656. The molecule has 3 aromatic heterocycles. The second kappa shape index (κ2) is 7.12. The molecule has 0 saturated carbocycles. The van der Waals surface area contributed by atoms with Gasteiger partial charge in [-0.25, -0.2) is 17.3 Å². The molecule has 0 atom stereocenters. The summed E-state index contributed by atoms with van der Waals surface area (Å²) < 4.78 is 75.8. The predicted molar refractivity (Wildman–Crippen MR) is 88.4 cm³/mol. The first-order valence-electron chi connectivity index (χ1n) is 7.06. The number of nitrogens with one attached hydrogen (secondary N) is 1. The lowest BCUT2D eigenvalue weighted by Crippen LogP contribution is -2.15. The van der Waals surface area contributed by atoms with E-state index in [1.165, 1.54) is 22.8 Å². The average Bonchev–Trinajstić information content (AvgIpc) is 3.00. The fourth-order valence-electron chi connectivity index (χ4n) is 2.19. The maximum absolute atomic E-state index is 13.9. The number of rotatable bonds is 6. The van der Waals surface area contributed by atoms with Crippen molar-refractivity contribution in [1.29, 1.82) is 0 Å². The summed E-state index contributed by atoms with van der Waals surface area (Å²) in [4.78, 5) is 3.18. The summed E-state index contributed by atoms with van der Waals surface area (Å²) in [6.07, 6.45) is 2.47. The Kier molecular flexibility index (Phi) is 5.02. The molecule has 0 unspecified atom stereocenters. The van der Waals surface area contributed by atoms with Crippen LogP contribution in [0.4, 0.5) is 18.9 Å². The van der Waals surface area contributed by atoms with Crippen LogP contribution in [0, 0.1) is 5.82 Å². The van der Waals surface area contributed by atoms with Crippen molar-refractivity contribution in [3.05, 3.63) is 41.4 Å². The lowest BCUT2D eigenvalue weighted by atomic mass is 10.4. The second-order valence-electron chi connectivity index (χ2n) is 5.00. The van der Waals surface area contributed by atoms with Crippen LogP contribution >= 0.6 is 11.6 Å². The lowest BCUT2D eigenvalue weighted by Gasteiger charge is -2.12. The van der Waals surface area contributed by atoms with Crippen LogP contribution in [0.15, 0.2) is 35.5 Å². The van der Waals surface area contributed by atoms with Crippen LogP contribution in [0.5, 0.6) is 11.8 Å². The van der Waals surface area contributed by atoms with Gasteiger partial charge in [-0.2, -0.15) is 18.9 Å². The number of hydrogen-bond donors (Lipinski definition) is 1. The van der Waals surface area contributed by atoms with Gasteiger partial charge in [0.1, 0.15) is 10.6 Å². The Balaban J connectivity index is 2.01. The monoisotopic (exact) mass is 422 g/mol. The molecule has 3 rings (SSSR count). The van der Waals surface area contributed by atoms with Gasteiger partial charge in [-0.15, -0.1) is 0 Å². The van der Waals surface area contributed by atoms with Gasteiger partial charge in [-0.3, -0.25) is 4.72 Å². The van der Waals surface area contributed by atoms with Crippen molar-refractivity contribution in [3.63, 3.8) is 0 Å². The molecule has 0 aliphatic carbocycles. The highest BCUT2D eigenvalue weighted by molar-refractivity contribution is 7.93. The summed E-state index contributed by atoms with van der Waals surface area (Å²) in [5.74, 6) is -2.80. The number of nitrogens with zero attached hydrogens (tertiary/aromatic N) is 3. The Labute approximate surface area is 155 Å². The highest BCUT2D eigenvalue weighted by atomic mass is 35.5. The maximum atomic E-state index is 13.9. The van der Waals surface area contributed by atoms with E-state index in [0.717, 1.165) is 13.3 Å². The smallest absolute Gasteiger partial charge is 0.388 e. The zero-order valence-corrected chi connectivity index (χ0v) is 14.9. The fourth-order valence-corrected chi connectivity index (χ4v) is 3.52. The van der Waals surface area contributed by atoms with E-state index in [4.69, 9.17) is 16.3 Å². The van der Waals surface area contributed by atoms with Gasteiger partial charge in [0.05, 0.1) is 23.8 Å². The molecule has 3 aromatic rings. The van der Waals surface area contributed by atoms with E-state index >= 15 is 0 Å². The molecule has 0 spiro atoms. The number of fused-ring (bicyclic) bond motifs is 1. The van der Waals surface area contributed by atoms with Gasteiger partial charge < -0.3 is 9.47 Å². The minimum Gasteiger partial charge on any atom is -0.479 e. The van der Waals surface area contributed by atoms with Crippen LogP contribution in [0.2, 0.25) is 5.02 Å². The summed E-state index contributed by atoms with van der Waals surface area (Å²) in [6.45, 7) is -3.31. The SMILES string of the molecule is COc1nc(OC(F)F)c(F)cc1NS(=O)(=O)c1cnn2cc(Cl)ccc12.